The first-order valence-corrected chi connectivity index (χ1v) is 7.19. The van der Waals surface area contributed by atoms with Crippen molar-refractivity contribution in [2.45, 2.75) is 50.7 Å². The number of carboxylic acids is 1. The van der Waals surface area contributed by atoms with Crippen LogP contribution in [0.15, 0.2) is 11.6 Å². The van der Waals surface area contributed by atoms with Crippen molar-refractivity contribution < 1.29 is 14.7 Å². The number of carboxylic acid groups (broad SMARTS) is 1. The van der Waals surface area contributed by atoms with Gasteiger partial charge in [-0.2, -0.15) is 0 Å². The summed E-state index contributed by atoms with van der Waals surface area (Å²) in [5.41, 5.74) is 6.46. The summed E-state index contributed by atoms with van der Waals surface area (Å²) in [6.45, 7) is 3.32. The molecule has 1 heterocycles. The summed E-state index contributed by atoms with van der Waals surface area (Å²) in [4.78, 5) is 24.8. The molecular formula is C14H23N3O3. The molecule has 1 saturated heterocycles. The van der Waals surface area contributed by atoms with E-state index in [0.717, 1.165) is 25.9 Å². The van der Waals surface area contributed by atoms with Crippen molar-refractivity contribution in [2.24, 2.45) is 5.73 Å². The molecule has 3 atom stereocenters. The summed E-state index contributed by atoms with van der Waals surface area (Å²) in [5.74, 6) is -1.04. The molecule has 0 bridgehead atoms. The van der Waals surface area contributed by atoms with Gasteiger partial charge in [-0.05, 0) is 32.4 Å². The van der Waals surface area contributed by atoms with Crippen LogP contribution in [-0.2, 0) is 9.59 Å². The van der Waals surface area contributed by atoms with Crippen LogP contribution in [0.4, 0.5) is 0 Å². The molecule has 2 aliphatic rings. The van der Waals surface area contributed by atoms with Gasteiger partial charge in [0.2, 0.25) is 5.91 Å². The first-order valence-electron chi connectivity index (χ1n) is 7.19. The van der Waals surface area contributed by atoms with E-state index >= 15 is 0 Å². The molecule has 3 unspecified atom stereocenters. The monoisotopic (exact) mass is 281 g/mol. The third kappa shape index (κ3) is 3.37. The molecule has 0 aromatic heterocycles. The normalized spacial score (nSPS) is 31.5. The van der Waals surface area contributed by atoms with Crippen molar-refractivity contribution in [3.8, 4) is 0 Å². The lowest BCUT2D eigenvalue weighted by atomic mass is 9.85. The maximum Gasteiger partial charge on any atom is 0.331 e. The van der Waals surface area contributed by atoms with E-state index in [0.29, 0.717) is 12.0 Å². The van der Waals surface area contributed by atoms with Gasteiger partial charge in [-0.1, -0.05) is 12.5 Å². The largest absolute Gasteiger partial charge is 0.478 e. The maximum atomic E-state index is 11.4. The number of likely N-dealkylation sites (tertiary alicyclic amines) is 1. The van der Waals surface area contributed by atoms with Gasteiger partial charge in [-0.25, -0.2) is 4.79 Å². The van der Waals surface area contributed by atoms with Crippen LogP contribution in [0.2, 0.25) is 0 Å². The molecule has 6 heteroatoms. The average molecular weight is 281 g/mol. The Hall–Kier alpha value is -1.40. The smallest absolute Gasteiger partial charge is 0.331 e. The second-order valence-electron chi connectivity index (χ2n) is 5.68. The highest BCUT2D eigenvalue weighted by atomic mass is 16.4. The highest BCUT2D eigenvalue weighted by molar-refractivity contribution is 5.87. The molecule has 0 saturated carbocycles. The number of amides is 1. The van der Waals surface area contributed by atoms with Crippen molar-refractivity contribution in [1.82, 2.24) is 10.2 Å². The van der Waals surface area contributed by atoms with Crippen LogP contribution in [0.3, 0.4) is 0 Å². The summed E-state index contributed by atoms with van der Waals surface area (Å²) in [6, 6.07) is -0.690. The van der Waals surface area contributed by atoms with Gasteiger partial charge in [-0.15, -0.1) is 0 Å². The molecule has 0 spiro atoms. The molecule has 1 aliphatic carbocycles. The van der Waals surface area contributed by atoms with E-state index < -0.39 is 5.97 Å². The van der Waals surface area contributed by atoms with Gasteiger partial charge < -0.3 is 16.2 Å². The quantitative estimate of drug-likeness (QED) is 0.681. The van der Waals surface area contributed by atoms with Gasteiger partial charge in [-0.3, -0.25) is 9.69 Å². The number of nitrogens with one attached hydrogen (secondary N) is 1. The number of hydrogen-bond acceptors (Lipinski definition) is 4. The Morgan fingerprint density at radius 2 is 2.00 bits per heavy atom. The van der Waals surface area contributed by atoms with E-state index in [1.54, 1.807) is 6.08 Å². The minimum absolute atomic E-state index is 0.117. The second kappa shape index (κ2) is 6.37. The molecule has 112 valence electrons. The summed E-state index contributed by atoms with van der Waals surface area (Å²) >= 11 is 0. The topological polar surface area (TPSA) is 95.7 Å². The number of piperidine rings is 1. The minimum atomic E-state index is -0.913. The first-order chi connectivity index (χ1) is 9.49. The standard InChI is InChI=1S/C14H23N3O3/c1-9(18)16-13-11(15)7-10(14(19)20)8-12(13)17-5-3-2-4-6-17/h8,11-13H,2-7,15H2,1H3,(H,16,18)(H,19,20). The second-order valence-corrected chi connectivity index (χ2v) is 5.68. The molecule has 0 aromatic rings. The Kier molecular flexibility index (Phi) is 4.77. The predicted molar refractivity (Wildman–Crippen MR) is 75.1 cm³/mol. The highest BCUT2D eigenvalue weighted by Gasteiger charge is 2.37. The fourth-order valence-corrected chi connectivity index (χ4v) is 3.15. The number of nitrogens with two attached hydrogens (primary N) is 1. The fraction of sp³-hybridized carbons (Fsp3) is 0.714. The van der Waals surface area contributed by atoms with E-state index in [1.165, 1.54) is 13.3 Å². The Balaban J connectivity index is 2.24. The van der Waals surface area contributed by atoms with Crippen molar-refractivity contribution in [3.63, 3.8) is 0 Å². The van der Waals surface area contributed by atoms with E-state index in [9.17, 15) is 14.7 Å². The molecule has 1 aliphatic heterocycles. The van der Waals surface area contributed by atoms with E-state index in [4.69, 9.17) is 5.73 Å². The van der Waals surface area contributed by atoms with Gasteiger partial charge in [0.15, 0.2) is 0 Å². The number of aliphatic carboxylic acids is 1. The van der Waals surface area contributed by atoms with Crippen LogP contribution in [0, 0.1) is 0 Å². The van der Waals surface area contributed by atoms with Gasteiger partial charge in [0, 0.05) is 18.5 Å². The van der Waals surface area contributed by atoms with Crippen LogP contribution < -0.4 is 11.1 Å². The zero-order chi connectivity index (χ0) is 14.7. The Morgan fingerprint density at radius 1 is 1.35 bits per heavy atom. The summed E-state index contributed by atoms with van der Waals surface area (Å²) < 4.78 is 0. The Morgan fingerprint density at radius 3 is 2.55 bits per heavy atom. The van der Waals surface area contributed by atoms with Gasteiger partial charge in [0.25, 0.3) is 0 Å². The van der Waals surface area contributed by atoms with Crippen LogP contribution >= 0.6 is 0 Å². The predicted octanol–water partition coefficient (Wildman–Crippen LogP) is 0.0876. The Labute approximate surface area is 119 Å². The third-order valence-corrected chi connectivity index (χ3v) is 4.11. The Bertz CT molecular complexity index is 416. The molecule has 20 heavy (non-hydrogen) atoms. The molecule has 0 aromatic carbocycles. The van der Waals surface area contributed by atoms with Gasteiger partial charge >= 0.3 is 5.97 Å². The number of nitrogens with zero attached hydrogens (tertiary/aromatic N) is 1. The van der Waals surface area contributed by atoms with Crippen molar-refractivity contribution in [2.75, 3.05) is 13.1 Å². The maximum absolute atomic E-state index is 11.4. The van der Waals surface area contributed by atoms with E-state index in [-0.39, 0.29) is 24.0 Å². The third-order valence-electron chi connectivity index (χ3n) is 4.11. The van der Waals surface area contributed by atoms with Crippen LogP contribution in [0.5, 0.6) is 0 Å². The molecule has 6 nitrogen and oxygen atoms in total. The number of carbonyl (C=O) groups is 2. The number of hydrogen-bond donors (Lipinski definition) is 3. The van der Waals surface area contributed by atoms with Gasteiger partial charge in [0.05, 0.1) is 12.1 Å². The minimum Gasteiger partial charge on any atom is -0.478 e. The number of carbonyl (C=O) groups excluding carboxylic acids is 1. The lowest BCUT2D eigenvalue weighted by Gasteiger charge is -2.42. The molecular weight excluding hydrogens is 258 g/mol. The molecule has 1 amide bonds. The lowest BCUT2D eigenvalue weighted by molar-refractivity contribution is -0.133. The lowest BCUT2D eigenvalue weighted by Crippen LogP contribution is -2.61. The van der Waals surface area contributed by atoms with Crippen molar-refractivity contribution in [3.05, 3.63) is 11.6 Å². The van der Waals surface area contributed by atoms with Crippen molar-refractivity contribution >= 4 is 11.9 Å². The van der Waals surface area contributed by atoms with Gasteiger partial charge in [0.1, 0.15) is 0 Å². The van der Waals surface area contributed by atoms with Crippen molar-refractivity contribution in [1.29, 1.82) is 0 Å². The van der Waals surface area contributed by atoms with Crippen LogP contribution in [0.25, 0.3) is 0 Å². The zero-order valence-corrected chi connectivity index (χ0v) is 11.8. The summed E-state index contributed by atoms with van der Waals surface area (Å²) in [7, 11) is 0. The first kappa shape index (κ1) is 15.0. The summed E-state index contributed by atoms with van der Waals surface area (Å²) in [6.07, 6.45) is 5.49. The zero-order valence-electron chi connectivity index (χ0n) is 11.8. The fourth-order valence-electron chi connectivity index (χ4n) is 3.15. The molecule has 4 N–H and O–H groups in total. The molecule has 1 fully saturated rings. The van der Waals surface area contributed by atoms with E-state index in [2.05, 4.69) is 10.2 Å². The highest BCUT2D eigenvalue weighted by Crippen LogP contribution is 2.25. The number of rotatable bonds is 3. The SMILES string of the molecule is CC(=O)NC1C(N)CC(C(=O)O)=CC1N1CCCCC1. The molecule has 0 radical (unpaired) electrons. The summed E-state index contributed by atoms with van der Waals surface area (Å²) in [5, 5.41) is 12.1. The van der Waals surface area contributed by atoms with Crippen LogP contribution in [-0.4, -0.2) is 53.1 Å². The van der Waals surface area contributed by atoms with Crippen LogP contribution in [0.1, 0.15) is 32.6 Å². The average Bonchev–Trinajstić information content (AvgIpc) is 2.41. The van der Waals surface area contributed by atoms with E-state index in [1.807, 2.05) is 0 Å². The molecule has 2 rings (SSSR count).